The normalized spacial score (nSPS) is 19.8. The summed E-state index contributed by atoms with van der Waals surface area (Å²) in [6.07, 6.45) is -0.388. The molecule has 0 radical (unpaired) electrons. The number of hydrogen-bond donors (Lipinski definition) is 1. The van der Waals surface area contributed by atoms with Gasteiger partial charge in [-0.1, -0.05) is 12.1 Å². The molecule has 118 valence electrons. The van der Waals surface area contributed by atoms with E-state index in [0.717, 1.165) is 0 Å². The van der Waals surface area contributed by atoms with E-state index in [9.17, 15) is 18.5 Å². The molecular formula is C11H16ClN3O5S. The number of nitro groups is 1. The van der Waals surface area contributed by atoms with Crippen molar-refractivity contribution < 1.29 is 18.1 Å². The van der Waals surface area contributed by atoms with Gasteiger partial charge in [0.1, 0.15) is 0 Å². The first-order valence-corrected chi connectivity index (χ1v) is 7.46. The Labute approximate surface area is 128 Å². The number of nitro benzene ring substituents is 1. The molecule has 0 bridgehead atoms. The summed E-state index contributed by atoms with van der Waals surface area (Å²) in [4.78, 5) is 9.95. The van der Waals surface area contributed by atoms with E-state index in [2.05, 4.69) is 0 Å². The van der Waals surface area contributed by atoms with Gasteiger partial charge in [-0.3, -0.25) is 10.1 Å². The van der Waals surface area contributed by atoms with Gasteiger partial charge in [0.15, 0.2) is 4.90 Å². The first-order chi connectivity index (χ1) is 9.46. The fraction of sp³-hybridized carbons (Fsp3) is 0.455. The molecule has 1 aromatic rings. The first kappa shape index (κ1) is 17.8. The lowest BCUT2D eigenvalue weighted by molar-refractivity contribution is -0.387. The molecule has 1 fully saturated rings. The van der Waals surface area contributed by atoms with Crippen LogP contribution in [0.4, 0.5) is 5.69 Å². The lowest BCUT2D eigenvalue weighted by atomic mass is 10.3. The quantitative estimate of drug-likeness (QED) is 0.626. The highest BCUT2D eigenvalue weighted by molar-refractivity contribution is 7.89. The van der Waals surface area contributed by atoms with Crippen molar-refractivity contribution in [2.24, 2.45) is 5.73 Å². The van der Waals surface area contributed by atoms with Crippen LogP contribution in [0.2, 0.25) is 0 Å². The number of nitrogens with two attached hydrogens (primary N) is 1. The summed E-state index contributed by atoms with van der Waals surface area (Å²) in [7, 11) is -3.92. The highest BCUT2D eigenvalue weighted by Crippen LogP contribution is 2.27. The van der Waals surface area contributed by atoms with Crippen LogP contribution in [0.1, 0.15) is 0 Å². The summed E-state index contributed by atoms with van der Waals surface area (Å²) < 4.78 is 31.5. The van der Waals surface area contributed by atoms with Crippen LogP contribution < -0.4 is 5.73 Å². The van der Waals surface area contributed by atoms with Crippen LogP contribution in [0.15, 0.2) is 29.2 Å². The molecule has 0 saturated carbocycles. The number of morpholine rings is 1. The van der Waals surface area contributed by atoms with E-state index in [-0.39, 0.29) is 49.6 Å². The average Bonchev–Trinajstić information content (AvgIpc) is 2.47. The van der Waals surface area contributed by atoms with Crippen molar-refractivity contribution >= 4 is 28.1 Å². The molecule has 1 saturated heterocycles. The monoisotopic (exact) mass is 337 g/mol. The van der Waals surface area contributed by atoms with E-state index < -0.39 is 20.6 Å². The van der Waals surface area contributed by atoms with Crippen LogP contribution in [0, 0.1) is 10.1 Å². The summed E-state index contributed by atoms with van der Waals surface area (Å²) in [5.74, 6) is 0. The molecule has 2 rings (SSSR count). The van der Waals surface area contributed by atoms with Gasteiger partial charge in [0.05, 0.1) is 17.6 Å². The summed E-state index contributed by atoms with van der Waals surface area (Å²) in [5, 5.41) is 10.9. The maximum atomic E-state index is 12.5. The van der Waals surface area contributed by atoms with Crippen molar-refractivity contribution in [3.05, 3.63) is 34.4 Å². The van der Waals surface area contributed by atoms with Gasteiger partial charge < -0.3 is 10.5 Å². The van der Waals surface area contributed by atoms with Crippen LogP contribution in [0.5, 0.6) is 0 Å². The summed E-state index contributed by atoms with van der Waals surface area (Å²) in [5.41, 5.74) is 5.04. The summed E-state index contributed by atoms with van der Waals surface area (Å²) in [6.45, 7) is 0.681. The Morgan fingerprint density at radius 1 is 1.43 bits per heavy atom. The molecule has 1 aromatic carbocycles. The number of para-hydroxylation sites is 1. The van der Waals surface area contributed by atoms with Crippen molar-refractivity contribution in [2.45, 2.75) is 11.0 Å². The lowest BCUT2D eigenvalue weighted by Crippen LogP contribution is -2.48. The number of ether oxygens (including phenoxy) is 1. The zero-order valence-corrected chi connectivity index (χ0v) is 12.7. The Kier molecular flexibility index (Phi) is 6.05. The lowest BCUT2D eigenvalue weighted by Gasteiger charge is -2.31. The van der Waals surface area contributed by atoms with E-state index in [0.29, 0.717) is 0 Å². The van der Waals surface area contributed by atoms with Gasteiger partial charge in [-0.05, 0) is 6.07 Å². The molecule has 8 nitrogen and oxygen atoms in total. The molecule has 0 aromatic heterocycles. The van der Waals surface area contributed by atoms with Gasteiger partial charge in [0.25, 0.3) is 5.69 Å². The Hall–Kier alpha value is -1.26. The Balaban J connectivity index is 0.00000220. The molecule has 1 aliphatic heterocycles. The average molecular weight is 338 g/mol. The predicted octanol–water partition coefficient (Wildman–Crippen LogP) is 0.365. The second kappa shape index (κ2) is 7.14. The van der Waals surface area contributed by atoms with Crippen LogP contribution in [-0.4, -0.2) is 50.0 Å². The number of hydrogen-bond acceptors (Lipinski definition) is 6. The number of sulfonamides is 1. The number of benzene rings is 1. The molecule has 0 amide bonds. The number of rotatable bonds is 4. The topological polar surface area (TPSA) is 116 Å². The highest BCUT2D eigenvalue weighted by atomic mass is 35.5. The third kappa shape index (κ3) is 3.69. The third-order valence-corrected chi connectivity index (χ3v) is 4.96. The minimum absolute atomic E-state index is 0. The van der Waals surface area contributed by atoms with Gasteiger partial charge in [0, 0.05) is 25.7 Å². The van der Waals surface area contributed by atoms with Crippen molar-refractivity contribution in [3.8, 4) is 0 Å². The largest absolute Gasteiger partial charge is 0.374 e. The summed E-state index contributed by atoms with van der Waals surface area (Å²) in [6, 6.07) is 5.30. The minimum Gasteiger partial charge on any atom is -0.374 e. The Morgan fingerprint density at radius 2 is 2.10 bits per heavy atom. The van der Waals surface area contributed by atoms with E-state index in [1.54, 1.807) is 0 Å². The van der Waals surface area contributed by atoms with Crippen molar-refractivity contribution in [1.29, 1.82) is 0 Å². The van der Waals surface area contributed by atoms with E-state index in [1.165, 1.54) is 28.6 Å². The molecule has 1 aliphatic rings. The van der Waals surface area contributed by atoms with E-state index in [1.807, 2.05) is 0 Å². The maximum Gasteiger partial charge on any atom is 0.289 e. The van der Waals surface area contributed by atoms with Crippen LogP contribution >= 0.6 is 12.4 Å². The van der Waals surface area contributed by atoms with Gasteiger partial charge in [-0.2, -0.15) is 4.31 Å². The summed E-state index contributed by atoms with van der Waals surface area (Å²) >= 11 is 0. The Morgan fingerprint density at radius 3 is 2.71 bits per heavy atom. The second-order valence-corrected chi connectivity index (χ2v) is 6.22. The molecule has 1 unspecified atom stereocenters. The van der Waals surface area contributed by atoms with Gasteiger partial charge >= 0.3 is 0 Å². The van der Waals surface area contributed by atoms with Gasteiger partial charge in [-0.25, -0.2) is 8.42 Å². The van der Waals surface area contributed by atoms with Crippen molar-refractivity contribution in [2.75, 3.05) is 26.2 Å². The number of halogens is 1. The van der Waals surface area contributed by atoms with Crippen molar-refractivity contribution in [3.63, 3.8) is 0 Å². The van der Waals surface area contributed by atoms with Crippen LogP contribution in [0.25, 0.3) is 0 Å². The number of nitrogens with zero attached hydrogens (tertiary/aromatic N) is 2. The highest BCUT2D eigenvalue weighted by Gasteiger charge is 2.34. The van der Waals surface area contributed by atoms with E-state index >= 15 is 0 Å². The second-order valence-electron chi connectivity index (χ2n) is 4.32. The molecule has 21 heavy (non-hydrogen) atoms. The fourth-order valence-corrected chi connectivity index (χ4v) is 3.63. The van der Waals surface area contributed by atoms with Gasteiger partial charge in [-0.15, -0.1) is 12.4 Å². The maximum absolute atomic E-state index is 12.5. The first-order valence-electron chi connectivity index (χ1n) is 6.02. The standard InChI is InChI=1S/C11H15N3O5S.ClH/c12-7-9-8-13(5-6-19-9)20(17,18)11-4-2-1-3-10(11)14(15)16;/h1-4,9H,5-8,12H2;1H. The van der Waals surface area contributed by atoms with Crippen molar-refractivity contribution in [1.82, 2.24) is 4.31 Å². The molecule has 10 heteroatoms. The molecule has 2 N–H and O–H groups in total. The zero-order valence-electron chi connectivity index (χ0n) is 11.0. The fourth-order valence-electron chi connectivity index (χ4n) is 2.02. The smallest absolute Gasteiger partial charge is 0.289 e. The zero-order chi connectivity index (χ0) is 14.8. The molecule has 1 heterocycles. The SMILES string of the molecule is Cl.NCC1CN(S(=O)(=O)c2ccccc2[N+](=O)[O-])CCO1. The molecular weight excluding hydrogens is 322 g/mol. The van der Waals surface area contributed by atoms with Crippen LogP contribution in [-0.2, 0) is 14.8 Å². The van der Waals surface area contributed by atoms with Gasteiger partial charge in [0.2, 0.25) is 10.0 Å². The predicted molar refractivity (Wildman–Crippen MR) is 77.9 cm³/mol. The van der Waals surface area contributed by atoms with E-state index in [4.69, 9.17) is 10.5 Å². The molecule has 0 spiro atoms. The molecule has 1 atom stereocenters. The molecule has 0 aliphatic carbocycles. The minimum atomic E-state index is -3.92. The van der Waals surface area contributed by atoms with Crippen LogP contribution in [0.3, 0.4) is 0 Å². The third-order valence-electron chi connectivity index (χ3n) is 3.04. The Bertz CT molecular complexity index is 610.